The van der Waals surface area contributed by atoms with Crippen molar-refractivity contribution in [3.63, 3.8) is 0 Å². The van der Waals surface area contributed by atoms with Crippen LogP contribution in [0.15, 0.2) is 30.9 Å². The van der Waals surface area contributed by atoms with Crippen molar-refractivity contribution in [3.05, 3.63) is 42.0 Å². The summed E-state index contributed by atoms with van der Waals surface area (Å²) in [5, 5.41) is 10.4. The third-order valence-electron chi connectivity index (χ3n) is 8.11. The number of aliphatic hydroxyl groups is 1. The third kappa shape index (κ3) is 4.60. The molecule has 3 heterocycles. The molecule has 1 spiro atoms. The lowest BCUT2D eigenvalue weighted by molar-refractivity contribution is -0.154. The number of fused-ring (bicyclic) bond motifs is 1. The maximum Gasteiger partial charge on any atom is 0.310 e. The molecule has 4 rings (SSSR count). The van der Waals surface area contributed by atoms with Crippen LogP contribution in [0.2, 0.25) is 0 Å². The van der Waals surface area contributed by atoms with Crippen LogP contribution in [-0.2, 0) is 19.1 Å². The quantitative estimate of drug-likeness (QED) is 0.366. The van der Waals surface area contributed by atoms with Gasteiger partial charge in [-0.15, -0.1) is 18.3 Å². The first-order chi connectivity index (χ1) is 17.6. The number of carbonyl (C=O) groups is 3. The first-order valence-electron chi connectivity index (χ1n) is 13.4. The summed E-state index contributed by atoms with van der Waals surface area (Å²) in [6, 6.07) is 4.71. The number of benzene rings is 1. The van der Waals surface area contributed by atoms with Crippen LogP contribution in [0.25, 0.3) is 0 Å². The fraction of sp³-hybridized carbons (Fsp3) is 0.621. The Morgan fingerprint density at radius 2 is 2.08 bits per heavy atom. The van der Waals surface area contributed by atoms with Crippen LogP contribution < -0.4 is 4.90 Å². The van der Waals surface area contributed by atoms with Gasteiger partial charge in [-0.25, -0.2) is 0 Å². The number of esters is 1. The van der Waals surface area contributed by atoms with Gasteiger partial charge in [-0.05, 0) is 63.1 Å². The van der Waals surface area contributed by atoms with Crippen molar-refractivity contribution in [1.29, 1.82) is 0 Å². The lowest BCUT2D eigenvalue weighted by Gasteiger charge is -2.40. The van der Waals surface area contributed by atoms with Crippen molar-refractivity contribution in [2.45, 2.75) is 76.0 Å². The van der Waals surface area contributed by atoms with Crippen LogP contribution in [0.5, 0.6) is 0 Å². The van der Waals surface area contributed by atoms with Crippen LogP contribution in [0.3, 0.4) is 0 Å². The van der Waals surface area contributed by atoms with Crippen molar-refractivity contribution in [3.8, 4) is 0 Å². The maximum absolute atomic E-state index is 14.7. The first-order valence-corrected chi connectivity index (χ1v) is 14.3. The third-order valence-corrected chi connectivity index (χ3v) is 10.1. The minimum atomic E-state index is -0.782. The van der Waals surface area contributed by atoms with Crippen molar-refractivity contribution in [2.75, 3.05) is 24.7 Å². The molecule has 2 amide bonds. The van der Waals surface area contributed by atoms with E-state index in [1.807, 2.05) is 45.9 Å². The highest BCUT2D eigenvalue weighted by Gasteiger charge is 2.74. The molecular formula is C29H40N2O5S. The number of likely N-dealkylation sites (tertiary alicyclic amines) is 1. The molecule has 37 heavy (non-hydrogen) atoms. The largest absolute Gasteiger partial charge is 0.466 e. The van der Waals surface area contributed by atoms with Gasteiger partial charge in [0.25, 0.3) is 5.91 Å². The fourth-order valence-electron chi connectivity index (χ4n) is 6.68. The highest BCUT2D eigenvalue weighted by Crippen LogP contribution is 2.67. The van der Waals surface area contributed by atoms with Gasteiger partial charge in [0.1, 0.15) is 6.04 Å². The molecular weight excluding hydrogens is 488 g/mol. The normalized spacial score (nSPS) is 28.9. The number of hydrogen-bond donors (Lipinski definition) is 1. The minimum absolute atomic E-state index is 0.0447. The second-order valence-corrected chi connectivity index (χ2v) is 12.6. The number of ether oxygens (including phenoxy) is 1. The second-order valence-electron chi connectivity index (χ2n) is 11.0. The average Bonchev–Trinajstić information content (AvgIpc) is 3.49. The number of aryl methyl sites for hydroxylation is 2. The predicted octanol–water partition coefficient (Wildman–Crippen LogP) is 3.88. The molecule has 3 fully saturated rings. The van der Waals surface area contributed by atoms with E-state index < -0.39 is 28.7 Å². The molecule has 3 aliphatic heterocycles. The Kier molecular flexibility index (Phi) is 8.10. The summed E-state index contributed by atoms with van der Waals surface area (Å²) < 4.78 is 4.69. The van der Waals surface area contributed by atoms with Gasteiger partial charge >= 0.3 is 5.97 Å². The molecule has 3 aliphatic rings. The fourth-order valence-corrected chi connectivity index (χ4v) is 8.87. The molecule has 2 bridgehead atoms. The number of nitrogens with zero attached hydrogens (tertiary/aromatic N) is 2. The topological polar surface area (TPSA) is 87.2 Å². The molecule has 8 heteroatoms. The van der Waals surface area contributed by atoms with Crippen LogP contribution in [0, 0.1) is 31.6 Å². The van der Waals surface area contributed by atoms with Crippen molar-refractivity contribution in [1.82, 2.24) is 4.90 Å². The molecule has 6 atom stereocenters. The Bertz CT molecular complexity index is 1070. The van der Waals surface area contributed by atoms with E-state index >= 15 is 0 Å². The van der Waals surface area contributed by atoms with Gasteiger partial charge in [-0.2, -0.15) is 0 Å². The molecule has 0 aliphatic carbocycles. The summed E-state index contributed by atoms with van der Waals surface area (Å²) >= 11 is 1.62. The number of anilines is 1. The number of thioether (sulfide) groups is 1. The lowest BCUT2D eigenvalue weighted by Crippen LogP contribution is -2.58. The molecule has 3 saturated heterocycles. The number of carbonyl (C=O) groups excluding carboxylic acids is 3. The van der Waals surface area contributed by atoms with Crippen LogP contribution in [0.1, 0.15) is 51.2 Å². The Hall–Kier alpha value is -2.32. The van der Waals surface area contributed by atoms with Crippen LogP contribution in [-0.4, -0.2) is 69.6 Å². The Morgan fingerprint density at radius 3 is 2.70 bits per heavy atom. The van der Waals surface area contributed by atoms with Gasteiger partial charge in [-0.1, -0.05) is 32.1 Å². The summed E-state index contributed by atoms with van der Waals surface area (Å²) in [5.41, 5.74) is 2.78. The highest BCUT2D eigenvalue weighted by atomic mass is 32.2. The second kappa shape index (κ2) is 10.8. The molecule has 2 unspecified atom stereocenters. The first kappa shape index (κ1) is 27.7. The van der Waals surface area contributed by atoms with E-state index in [0.29, 0.717) is 19.4 Å². The summed E-state index contributed by atoms with van der Waals surface area (Å²) in [5.74, 6) is -1.72. The molecule has 1 aromatic carbocycles. The summed E-state index contributed by atoms with van der Waals surface area (Å²) in [6.45, 7) is 14.0. The van der Waals surface area contributed by atoms with E-state index in [2.05, 4.69) is 6.58 Å². The molecule has 1 N–H and O–H groups in total. The Morgan fingerprint density at radius 1 is 1.35 bits per heavy atom. The van der Waals surface area contributed by atoms with Crippen molar-refractivity contribution >= 4 is 35.2 Å². The number of aliphatic hydroxyl groups excluding tert-OH is 1. The van der Waals surface area contributed by atoms with E-state index in [4.69, 9.17) is 4.74 Å². The van der Waals surface area contributed by atoms with E-state index in [1.165, 1.54) is 0 Å². The van der Waals surface area contributed by atoms with Crippen LogP contribution in [0.4, 0.5) is 5.69 Å². The predicted molar refractivity (Wildman–Crippen MR) is 146 cm³/mol. The molecule has 202 valence electrons. The molecule has 0 saturated carbocycles. The SMILES string of the molecule is C=CCN(C(=O)C1N([C@@H](CO)CC(C)C)C(=O)[C@@H]2[C@H](C(=O)OCC)[C@@H]3CCC12S3)c1cc(C)ccc1C. The number of rotatable bonds is 10. The molecule has 7 nitrogen and oxygen atoms in total. The van der Waals surface area contributed by atoms with Gasteiger partial charge in [0.15, 0.2) is 0 Å². The van der Waals surface area contributed by atoms with Crippen molar-refractivity contribution < 1.29 is 24.2 Å². The van der Waals surface area contributed by atoms with Crippen molar-refractivity contribution in [2.24, 2.45) is 17.8 Å². The molecule has 0 aromatic heterocycles. The van der Waals surface area contributed by atoms with E-state index in [-0.39, 0.29) is 42.2 Å². The zero-order valence-electron chi connectivity index (χ0n) is 22.6. The maximum atomic E-state index is 14.7. The van der Waals surface area contributed by atoms with Gasteiger partial charge in [0, 0.05) is 17.5 Å². The monoisotopic (exact) mass is 528 g/mol. The van der Waals surface area contributed by atoms with Gasteiger partial charge < -0.3 is 19.6 Å². The number of amides is 2. The van der Waals surface area contributed by atoms with Gasteiger partial charge in [-0.3, -0.25) is 14.4 Å². The van der Waals surface area contributed by atoms with Gasteiger partial charge in [0.05, 0.1) is 35.8 Å². The molecule has 1 aromatic rings. The van der Waals surface area contributed by atoms with Gasteiger partial charge in [0.2, 0.25) is 5.91 Å². The zero-order chi connectivity index (χ0) is 27.1. The Balaban J connectivity index is 1.85. The Labute approximate surface area is 224 Å². The standard InChI is InChI=1S/C29H40N2O5S/c1-7-13-30(21-15-18(5)9-10-19(21)6)27(34)25-29-12-11-22(37-29)23(28(35)36-8-2)24(29)26(33)31(25)20(16-32)14-17(3)4/h7,9-10,15,17,20,22-25,32H,1,8,11-14,16H2,2-6H3/t20-,22+,23-,24+,25?,29?/m1/s1. The van der Waals surface area contributed by atoms with Crippen LogP contribution >= 0.6 is 11.8 Å². The van der Waals surface area contributed by atoms with E-state index in [0.717, 1.165) is 23.2 Å². The van der Waals surface area contributed by atoms with E-state index in [1.54, 1.807) is 34.6 Å². The summed E-state index contributed by atoms with van der Waals surface area (Å²) in [4.78, 5) is 45.4. The smallest absolute Gasteiger partial charge is 0.310 e. The summed E-state index contributed by atoms with van der Waals surface area (Å²) in [6.07, 6.45) is 3.71. The lowest BCUT2D eigenvalue weighted by atomic mass is 9.71. The zero-order valence-corrected chi connectivity index (χ0v) is 23.4. The minimum Gasteiger partial charge on any atom is -0.466 e. The molecule has 0 radical (unpaired) electrons. The summed E-state index contributed by atoms with van der Waals surface area (Å²) in [7, 11) is 0. The average molecular weight is 529 g/mol. The van der Waals surface area contributed by atoms with E-state index in [9.17, 15) is 19.5 Å². The number of hydrogen-bond acceptors (Lipinski definition) is 6. The highest BCUT2D eigenvalue weighted by molar-refractivity contribution is 8.02.